The third-order valence-electron chi connectivity index (χ3n) is 4.95. The molecule has 2 heterocycles. The summed E-state index contributed by atoms with van der Waals surface area (Å²) in [7, 11) is 1.70. The summed E-state index contributed by atoms with van der Waals surface area (Å²) >= 11 is 0. The maximum atomic E-state index is 12.3. The van der Waals surface area contributed by atoms with Crippen molar-refractivity contribution in [2.75, 3.05) is 32.8 Å². The SMILES string of the molecule is CCOC(=O)CNC(=O)CN1CCC(c2nn(C)c(=O)n2C2CC2)CC1. The highest BCUT2D eigenvalue weighted by Crippen LogP contribution is 2.37. The van der Waals surface area contributed by atoms with Crippen LogP contribution in [0.25, 0.3) is 0 Å². The lowest BCUT2D eigenvalue weighted by atomic mass is 9.96. The molecule has 0 bridgehead atoms. The number of piperidine rings is 1. The summed E-state index contributed by atoms with van der Waals surface area (Å²) in [5.41, 5.74) is -0.0247. The summed E-state index contributed by atoms with van der Waals surface area (Å²) in [6.45, 7) is 3.75. The molecule has 9 heteroatoms. The highest BCUT2D eigenvalue weighted by molar-refractivity contribution is 5.83. The molecule has 9 nitrogen and oxygen atoms in total. The van der Waals surface area contributed by atoms with Gasteiger partial charge in [-0.15, -0.1) is 0 Å². The zero-order chi connectivity index (χ0) is 18.7. The Hall–Kier alpha value is -2.16. The molecule has 0 atom stereocenters. The van der Waals surface area contributed by atoms with Gasteiger partial charge in [-0.25, -0.2) is 9.48 Å². The number of hydrogen-bond acceptors (Lipinski definition) is 6. The van der Waals surface area contributed by atoms with E-state index in [-0.39, 0.29) is 30.6 Å². The maximum Gasteiger partial charge on any atom is 0.345 e. The van der Waals surface area contributed by atoms with Gasteiger partial charge >= 0.3 is 11.7 Å². The Bertz CT molecular complexity index is 713. The van der Waals surface area contributed by atoms with Crippen molar-refractivity contribution in [1.29, 1.82) is 0 Å². The van der Waals surface area contributed by atoms with Gasteiger partial charge in [0.15, 0.2) is 0 Å². The number of nitrogens with one attached hydrogen (secondary N) is 1. The molecular formula is C17H27N5O4. The lowest BCUT2D eigenvalue weighted by molar-refractivity contribution is -0.143. The standard InChI is InChI=1S/C17H27N5O4/c1-3-26-15(24)10-18-14(23)11-21-8-6-12(7-9-21)16-19-20(2)17(25)22(16)13-4-5-13/h12-13H,3-11H2,1-2H3,(H,18,23). The van der Waals surface area contributed by atoms with E-state index in [9.17, 15) is 14.4 Å². The molecule has 0 radical (unpaired) electrons. The molecule has 26 heavy (non-hydrogen) atoms. The average Bonchev–Trinajstić information content (AvgIpc) is 3.40. The number of amides is 1. The molecule has 0 unspecified atom stereocenters. The lowest BCUT2D eigenvalue weighted by Crippen LogP contribution is -2.42. The van der Waals surface area contributed by atoms with E-state index >= 15 is 0 Å². The molecular weight excluding hydrogens is 338 g/mol. The molecule has 1 aliphatic heterocycles. The van der Waals surface area contributed by atoms with Gasteiger partial charge in [0.1, 0.15) is 12.4 Å². The number of nitrogens with zero attached hydrogens (tertiary/aromatic N) is 4. The van der Waals surface area contributed by atoms with E-state index in [1.165, 1.54) is 4.68 Å². The van der Waals surface area contributed by atoms with E-state index in [1.807, 2.05) is 4.57 Å². The first-order valence-electron chi connectivity index (χ1n) is 9.29. The number of rotatable bonds is 7. The topological polar surface area (TPSA) is 98.5 Å². The second-order valence-corrected chi connectivity index (χ2v) is 7.00. The number of likely N-dealkylation sites (tertiary alicyclic amines) is 1. The van der Waals surface area contributed by atoms with Gasteiger partial charge in [0.25, 0.3) is 0 Å². The highest BCUT2D eigenvalue weighted by Gasteiger charge is 2.33. The molecule has 1 saturated heterocycles. The maximum absolute atomic E-state index is 12.3. The highest BCUT2D eigenvalue weighted by atomic mass is 16.5. The molecule has 2 fully saturated rings. The number of carbonyl (C=O) groups excluding carboxylic acids is 2. The van der Waals surface area contributed by atoms with Crippen molar-refractivity contribution < 1.29 is 14.3 Å². The second-order valence-electron chi connectivity index (χ2n) is 7.00. The second kappa shape index (κ2) is 8.03. The van der Waals surface area contributed by atoms with Crippen LogP contribution in [0.1, 0.15) is 50.4 Å². The van der Waals surface area contributed by atoms with Crippen molar-refractivity contribution in [2.45, 2.75) is 44.6 Å². The molecule has 0 aromatic carbocycles. The third-order valence-corrected chi connectivity index (χ3v) is 4.95. The largest absolute Gasteiger partial charge is 0.465 e. The smallest absolute Gasteiger partial charge is 0.345 e. The Morgan fingerprint density at radius 2 is 1.92 bits per heavy atom. The van der Waals surface area contributed by atoms with E-state index in [4.69, 9.17) is 4.74 Å². The molecule has 1 saturated carbocycles. The first-order valence-corrected chi connectivity index (χ1v) is 9.29. The summed E-state index contributed by atoms with van der Waals surface area (Å²) in [5.74, 6) is 0.548. The first-order chi connectivity index (χ1) is 12.5. The van der Waals surface area contributed by atoms with Crippen LogP contribution < -0.4 is 11.0 Å². The molecule has 144 valence electrons. The van der Waals surface area contributed by atoms with Crippen LogP contribution in [0.15, 0.2) is 4.79 Å². The number of aryl methyl sites for hydroxylation is 1. The summed E-state index contributed by atoms with van der Waals surface area (Å²) in [5, 5.41) is 7.05. The van der Waals surface area contributed by atoms with Crippen molar-refractivity contribution in [2.24, 2.45) is 7.05 Å². The van der Waals surface area contributed by atoms with Gasteiger partial charge < -0.3 is 10.1 Å². The molecule has 0 spiro atoms. The van der Waals surface area contributed by atoms with Gasteiger partial charge in [0, 0.05) is 19.0 Å². The van der Waals surface area contributed by atoms with Crippen LogP contribution >= 0.6 is 0 Å². The Labute approximate surface area is 152 Å². The lowest BCUT2D eigenvalue weighted by Gasteiger charge is -2.31. The van der Waals surface area contributed by atoms with Crippen LogP contribution in [0.5, 0.6) is 0 Å². The van der Waals surface area contributed by atoms with Crippen LogP contribution in [0.2, 0.25) is 0 Å². The minimum absolute atomic E-state index is 0.0247. The van der Waals surface area contributed by atoms with Gasteiger partial charge in [-0.05, 0) is 45.7 Å². The number of carbonyl (C=O) groups is 2. The molecule has 2 aliphatic rings. The van der Waals surface area contributed by atoms with Crippen LogP contribution in [0.4, 0.5) is 0 Å². The number of hydrogen-bond donors (Lipinski definition) is 1. The summed E-state index contributed by atoms with van der Waals surface area (Å²) in [6.07, 6.45) is 3.85. The summed E-state index contributed by atoms with van der Waals surface area (Å²) in [6, 6.07) is 0.317. The molecule has 1 N–H and O–H groups in total. The predicted molar refractivity (Wildman–Crippen MR) is 93.8 cm³/mol. The molecule has 3 rings (SSSR count). The van der Waals surface area contributed by atoms with E-state index < -0.39 is 5.97 Å². The number of ether oxygens (including phenoxy) is 1. The monoisotopic (exact) mass is 365 g/mol. The van der Waals surface area contributed by atoms with Gasteiger partial charge in [0.05, 0.1) is 13.2 Å². The average molecular weight is 365 g/mol. The fourth-order valence-corrected chi connectivity index (χ4v) is 3.44. The Morgan fingerprint density at radius 1 is 1.23 bits per heavy atom. The number of esters is 1. The quantitative estimate of drug-likeness (QED) is 0.671. The van der Waals surface area contributed by atoms with Crippen LogP contribution in [-0.2, 0) is 21.4 Å². The zero-order valence-corrected chi connectivity index (χ0v) is 15.4. The fraction of sp³-hybridized carbons (Fsp3) is 0.765. The summed E-state index contributed by atoms with van der Waals surface area (Å²) < 4.78 is 8.09. The third kappa shape index (κ3) is 4.32. The Balaban J connectivity index is 1.49. The van der Waals surface area contributed by atoms with E-state index in [2.05, 4.69) is 15.3 Å². The fourth-order valence-electron chi connectivity index (χ4n) is 3.44. The van der Waals surface area contributed by atoms with Crippen molar-refractivity contribution in [3.63, 3.8) is 0 Å². The Kier molecular flexibility index (Phi) is 5.75. The van der Waals surface area contributed by atoms with Gasteiger partial charge in [-0.1, -0.05) is 0 Å². The van der Waals surface area contributed by atoms with Crippen LogP contribution in [0, 0.1) is 0 Å². The van der Waals surface area contributed by atoms with Crippen molar-refractivity contribution >= 4 is 11.9 Å². The Morgan fingerprint density at radius 3 is 2.54 bits per heavy atom. The molecule has 1 aromatic rings. The van der Waals surface area contributed by atoms with E-state index in [0.717, 1.165) is 44.6 Å². The van der Waals surface area contributed by atoms with Crippen LogP contribution in [-0.4, -0.2) is 63.9 Å². The molecule has 1 aromatic heterocycles. The van der Waals surface area contributed by atoms with Crippen molar-refractivity contribution in [1.82, 2.24) is 24.6 Å². The minimum Gasteiger partial charge on any atom is -0.465 e. The zero-order valence-electron chi connectivity index (χ0n) is 15.4. The van der Waals surface area contributed by atoms with Crippen molar-refractivity contribution in [3.8, 4) is 0 Å². The molecule has 1 amide bonds. The molecule has 1 aliphatic carbocycles. The predicted octanol–water partition coefficient (Wildman–Crippen LogP) is -0.225. The van der Waals surface area contributed by atoms with Crippen LogP contribution in [0.3, 0.4) is 0 Å². The summed E-state index contributed by atoms with van der Waals surface area (Å²) in [4.78, 5) is 37.6. The number of aromatic nitrogens is 3. The minimum atomic E-state index is -0.423. The van der Waals surface area contributed by atoms with E-state index in [0.29, 0.717) is 12.6 Å². The van der Waals surface area contributed by atoms with Gasteiger partial charge in [0.2, 0.25) is 5.91 Å². The van der Waals surface area contributed by atoms with Gasteiger partial charge in [-0.2, -0.15) is 5.10 Å². The first kappa shape index (κ1) is 18.6. The van der Waals surface area contributed by atoms with Gasteiger partial charge in [-0.3, -0.25) is 19.1 Å². The normalized spacial score (nSPS) is 18.7. The van der Waals surface area contributed by atoms with E-state index in [1.54, 1.807) is 14.0 Å². The van der Waals surface area contributed by atoms with Crippen molar-refractivity contribution in [3.05, 3.63) is 16.3 Å².